The lowest BCUT2D eigenvalue weighted by molar-refractivity contribution is -0.118. The lowest BCUT2D eigenvalue weighted by Gasteiger charge is -2.18. The van der Waals surface area contributed by atoms with Gasteiger partial charge in [-0.25, -0.2) is 0 Å². The number of amides is 1. The average Bonchev–Trinajstić information content (AvgIpc) is 2.71. The lowest BCUT2D eigenvalue weighted by atomic mass is 9.93. The Bertz CT molecular complexity index is 695. The van der Waals surface area contributed by atoms with E-state index in [4.69, 9.17) is 5.11 Å². The normalized spacial score (nSPS) is 18.2. The van der Waals surface area contributed by atoms with Gasteiger partial charge in [0.2, 0.25) is 5.91 Å². The zero-order valence-corrected chi connectivity index (χ0v) is 19.7. The first-order valence-corrected chi connectivity index (χ1v) is 10.8. The Morgan fingerprint density at radius 1 is 0.967 bits per heavy atom. The molecule has 0 saturated heterocycles. The van der Waals surface area contributed by atoms with Crippen LogP contribution < -0.4 is 5.32 Å². The fraction of sp³-hybridized carbons (Fsp3) is 0.500. The molecular weight excluding hydrogens is 374 g/mol. The van der Waals surface area contributed by atoms with Crippen LogP contribution in [0.4, 0.5) is 0 Å². The molecule has 0 radical (unpaired) electrons. The Morgan fingerprint density at radius 2 is 1.57 bits per heavy atom. The van der Waals surface area contributed by atoms with Gasteiger partial charge in [0.05, 0.1) is 12.7 Å². The monoisotopic (exact) mass is 415 g/mol. The van der Waals surface area contributed by atoms with E-state index in [2.05, 4.69) is 31.3 Å². The Morgan fingerprint density at radius 3 is 2.17 bits per heavy atom. The maximum absolute atomic E-state index is 11.8. The maximum atomic E-state index is 11.8. The van der Waals surface area contributed by atoms with Crippen molar-refractivity contribution in [2.24, 2.45) is 11.8 Å². The number of rotatable bonds is 12. The Kier molecular flexibility index (Phi) is 14.5. The van der Waals surface area contributed by atoms with Crippen LogP contribution in [0.1, 0.15) is 54.9 Å². The molecule has 4 unspecified atom stereocenters. The molecule has 0 aliphatic rings. The molecule has 0 heterocycles. The van der Waals surface area contributed by atoms with E-state index in [0.29, 0.717) is 11.5 Å². The summed E-state index contributed by atoms with van der Waals surface area (Å²) in [6.45, 7) is 13.8. The van der Waals surface area contributed by atoms with Gasteiger partial charge in [-0.15, -0.1) is 0 Å². The summed E-state index contributed by atoms with van der Waals surface area (Å²) in [6.07, 6.45) is 18.0. The van der Waals surface area contributed by atoms with Gasteiger partial charge in [0.1, 0.15) is 0 Å². The number of hydrogen-bond donors (Lipinski definition) is 3. The molecular formula is C26H41NO3. The summed E-state index contributed by atoms with van der Waals surface area (Å²) in [4.78, 5) is 11.8. The molecule has 168 valence electrons. The van der Waals surface area contributed by atoms with Crippen molar-refractivity contribution in [3.8, 4) is 0 Å². The maximum Gasteiger partial charge on any atom is 0.247 e. The highest BCUT2D eigenvalue weighted by Gasteiger charge is 2.14. The standard InChI is InChI=1S/C26H41NO3/c1-8-19(2)16-22(5)25(29)23(6)17-20(3)14-12-10-9-11-13-15-21(4)26(30)27-24(7)18-28/h9-17,19,23-25,28-29H,8,18H2,1-7H3,(H,27,30)/b10-9-,13-11+,14-12+,20-17+,21-15+,22-16+. The second-order valence-corrected chi connectivity index (χ2v) is 8.05. The lowest BCUT2D eigenvalue weighted by Crippen LogP contribution is -2.35. The molecule has 4 nitrogen and oxygen atoms in total. The SMILES string of the molecule is CCC(C)/C=C(\C)C(O)C(C)/C=C(C)/C=C/C=C\C=C\C=C(/C)C(=O)NC(C)CO. The van der Waals surface area contributed by atoms with Crippen LogP contribution in [0.2, 0.25) is 0 Å². The molecule has 0 aliphatic carbocycles. The first-order valence-electron chi connectivity index (χ1n) is 10.8. The molecule has 0 saturated carbocycles. The zero-order valence-electron chi connectivity index (χ0n) is 19.7. The number of hydrogen-bond acceptors (Lipinski definition) is 3. The molecule has 1 amide bonds. The van der Waals surface area contributed by atoms with Crippen LogP contribution in [0, 0.1) is 11.8 Å². The van der Waals surface area contributed by atoms with Gasteiger partial charge in [-0.2, -0.15) is 0 Å². The van der Waals surface area contributed by atoms with Crippen molar-refractivity contribution < 1.29 is 15.0 Å². The highest BCUT2D eigenvalue weighted by atomic mass is 16.3. The molecule has 0 rings (SSSR count). The summed E-state index contributed by atoms with van der Waals surface area (Å²) in [7, 11) is 0. The van der Waals surface area contributed by atoms with Gasteiger partial charge in [-0.3, -0.25) is 4.79 Å². The topological polar surface area (TPSA) is 69.6 Å². The van der Waals surface area contributed by atoms with Gasteiger partial charge in [-0.05, 0) is 39.2 Å². The van der Waals surface area contributed by atoms with E-state index in [9.17, 15) is 9.90 Å². The molecule has 4 atom stereocenters. The highest BCUT2D eigenvalue weighted by Crippen LogP contribution is 2.18. The van der Waals surface area contributed by atoms with Gasteiger partial charge >= 0.3 is 0 Å². The van der Waals surface area contributed by atoms with Gasteiger partial charge in [0, 0.05) is 17.5 Å². The fourth-order valence-corrected chi connectivity index (χ4v) is 2.70. The summed E-state index contributed by atoms with van der Waals surface area (Å²) < 4.78 is 0. The minimum Gasteiger partial charge on any atom is -0.394 e. The molecule has 0 aromatic carbocycles. The number of allylic oxidation sites excluding steroid dienone is 9. The minimum absolute atomic E-state index is 0.0478. The van der Waals surface area contributed by atoms with Crippen molar-refractivity contribution in [2.75, 3.05) is 6.61 Å². The first kappa shape index (κ1) is 27.8. The van der Waals surface area contributed by atoms with Gasteiger partial charge in [0.15, 0.2) is 0 Å². The van der Waals surface area contributed by atoms with Crippen LogP contribution in [-0.2, 0) is 4.79 Å². The molecule has 30 heavy (non-hydrogen) atoms. The molecule has 0 aliphatic heterocycles. The average molecular weight is 416 g/mol. The van der Waals surface area contributed by atoms with Crippen LogP contribution in [-0.4, -0.2) is 34.9 Å². The Balaban J connectivity index is 4.68. The van der Waals surface area contributed by atoms with E-state index >= 15 is 0 Å². The highest BCUT2D eigenvalue weighted by molar-refractivity contribution is 5.93. The van der Waals surface area contributed by atoms with Gasteiger partial charge in [0.25, 0.3) is 0 Å². The summed E-state index contributed by atoms with van der Waals surface area (Å²) in [5.74, 6) is 0.343. The van der Waals surface area contributed by atoms with Crippen LogP contribution >= 0.6 is 0 Å². The van der Waals surface area contributed by atoms with Crippen LogP contribution in [0.5, 0.6) is 0 Å². The summed E-state index contributed by atoms with van der Waals surface area (Å²) in [5.41, 5.74) is 2.70. The molecule has 4 heteroatoms. The molecule has 0 bridgehead atoms. The van der Waals surface area contributed by atoms with Crippen molar-refractivity contribution in [3.63, 3.8) is 0 Å². The number of aliphatic hydroxyl groups is 2. The van der Waals surface area contributed by atoms with Crippen LogP contribution in [0.25, 0.3) is 0 Å². The molecule has 0 aromatic heterocycles. The molecule has 0 fully saturated rings. The zero-order chi connectivity index (χ0) is 23.1. The van der Waals surface area contributed by atoms with Crippen LogP contribution in [0.3, 0.4) is 0 Å². The second-order valence-electron chi connectivity index (χ2n) is 8.05. The number of nitrogens with one attached hydrogen (secondary N) is 1. The third-order valence-corrected chi connectivity index (χ3v) is 4.84. The van der Waals surface area contributed by atoms with Crippen molar-refractivity contribution in [3.05, 3.63) is 71.4 Å². The van der Waals surface area contributed by atoms with E-state index in [1.54, 1.807) is 26.0 Å². The molecule has 0 aromatic rings. The number of carbonyl (C=O) groups is 1. The van der Waals surface area contributed by atoms with E-state index < -0.39 is 6.10 Å². The van der Waals surface area contributed by atoms with Gasteiger partial charge < -0.3 is 15.5 Å². The molecule has 0 spiro atoms. The predicted molar refractivity (Wildman–Crippen MR) is 128 cm³/mol. The Labute approximate surface area is 183 Å². The molecule has 3 N–H and O–H groups in total. The van der Waals surface area contributed by atoms with E-state index in [1.165, 1.54) is 0 Å². The summed E-state index contributed by atoms with van der Waals surface area (Å²) in [6, 6.07) is -0.255. The first-order chi connectivity index (χ1) is 14.1. The van der Waals surface area contributed by atoms with E-state index in [0.717, 1.165) is 17.6 Å². The van der Waals surface area contributed by atoms with E-state index in [1.807, 2.05) is 51.2 Å². The fourth-order valence-electron chi connectivity index (χ4n) is 2.70. The van der Waals surface area contributed by atoms with Crippen molar-refractivity contribution in [1.82, 2.24) is 5.32 Å². The minimum atomic E-state index is -0.464. The van der Waals surface area contributed by atoms with Crippen LogP contribution in [0.15, 0.2) is 71.4 Å². The van der Waals surface area contributed by atoms with Crippen molar-refractivity contribution in [2.45, 2.75) is 67.0 Å². The summed E-state index contributed by atoms with van der Waals surface area (Å²) >= 11 is 0. The van der Waals surface area contributed by atoms with Crippen molar-refractivity contribution in [1.29, 1.82) is 0 Å². The number of aliphatic hydroxyl groups excluding tert-OH is 2. The summed E-state index contributed by atoms with van der Waals surface area (Å²) in [5, 5.41) is 22.1. The smallest absolute Gasteiger partial charge is 0.247 e. The quantitative estimate of drug-likeness (QED) is 0.238. The van der Waals surface area contributed by atoms with Gasteiger partial charge in [-0.1, -0.05) is 87.4 Å². The third kappa shape index (κ3) is 12.4. The number of carbonyl (C=O) groups excluding carboxylic acids is 1. The largest absolute Gasteiger partial charge is 0.394 e. The van der Waals surface area contributed by atoms with E-state index in [-0.39, 0.29) is 24.5 Å². The predicted octanol–water partition coefficient (Wildman–Crippen LogP) is 5.03. The third-order valence-electron chi connectivity index (χ3n) is 4.84. The second kappa shape index (κ2) is 15.6. The Hall–Kier alpha value is -2.17. The van der Waals surface area contributed by atoms with Crippen molar-refractivity contribution >= 4 is 5.91 Å².